The first kappa shape index (κ1) is 18.0. The Hall–Kier alpha value is -1.07. The SMILES string of the molecule is CCCC(O)(CCC)CNC(=NCc1cccs1)NCC. The summed E-state index contributed by atoms with van der Waals surface area (Å²) in [6.07, 6.45) is 3.61. The standard InChI is InChI=1S/C16H29N3OS/c1-4-9-16(20,10-5-2)13-19-15(17-6-3)18-12-14-8-7-11-21-14/h7-8,11,20H,4-6,9-10,12-13H2,1-3H3,(H2,17,18,19). The van der Waals surface area contributed by atoms with Gasteiger partial charge >= 0.3 is 0 Å². The van der Waals surface area contributed by atoms with E-state index in [1.54, 1.807) is 11.3 Å². The number of aliphatic imine (C=N–C) groups is 1. The predicted octanol–water partition coefficient (Wildman–Crippen LogP) is 3.13. The lowest BCUT2D eigenvalue weighted by Crippen LogP contribution is -2.47. The molecule has 1 heterocycles. The molecule has 0 spiro atoms. The van der Waals surface area contributed by atoms with Crippen molar-refractivity contribution < 1.29 is 5.11 Å². The second kappa shape index (κ2) is 9.79. The van der Waals surface area contributed by atoms with Crippen LogP contribution in [0.15, 0.2) is 22.5 Å². The highest BCUT2D eigenvalue weighted by Gasteiger charge is 2.24. The maximum atomic E-state index is 10.6. The second-order valence-electron chi connectivity index (χ2n) is 5.35. The third-order valence-corrected chi connectivity index (χ3v) is 4.19. The van der Waals surface area contributed by atoms with Gasteiger partial charge in [-0.2, -0.15) is 0 Å². The predicted molar refractivity (Wildman–Crippen MR) is 91.9 cm³/mol. The van der Waals surface area contributed by atoms with Crippen molar-refractivity contribution in [3.63, 3.8) is 0 Å². The number of nitrogens with zero attached hydrogens (tertiary/aromatic N) is 1. The second-order valence-corrected chi connectivity index (χ2v) is 6.38. The summed E-state index contributed by atoms with van der Waals surface area (Å²) in [4.78, 5) is 5.81. The summed E-state index contributed by atoms with van der Waals surface area (Å²) in [5.74, 6) is 0.775. The molecule has 3 N–H and O–H groups in total. The minimum absolute atomic E-state index is 0.547. The molecule has 0 saturated carbocycles. The van der Waals surface area contributed by atoms with Crippen LogP contribution in [0.25, 0.3) is 0 Å². The van der Waals surface area contributed by atoms with Crippen LogP contribution in [-0.2, 0) is 6.54 Å². The Morgan fingerprint density at radius 1 is 1.24 bits per heavy atom. The van der Waals surface area contributed by atoms with Crippen molar-refractivity contribution in [2.45, 2.75) is 58.6 Å². The number of hydrogen-bond donors (Lipinski definition) is 3. The van der Waals surface area contributed by atoms with Crippen LogP contribution in [-0.4, -0.2) is 29.8 Å². The Labute approximate surface area is 132 Å². The fourth-order valence-corrected chi connectivity index (χ4v) is 3.01. The molecule has 0 aromatic carbocycles. The first-order valence-electron chi connectivity index (χ1n) is 7.90. The smallest absolute Gasteiger partial charge is 0.191 e. The molecule has 1 aromatic heterocycles. The minimum atomic E-state index is -0.636. The van der Waals surface area contributed by atoms with E-state index in [1.165, 1.54) is 4.88 Å². The zero-order chi connectivity index (χ0) is 15.6. The number of rotatable bonds is 9. The molecule has 0 bridgehead atoms. The van der Waals surface area contributed by atoms with Crippen LogP contribution in [0.3, 0.4) is 0 Å². The van der Waals surface area contributed by atoms with E-state index in [4.69, 9.17) is 0 Å². The van der Waals surface area contributed by atoms with Gasteiger partial charge in [-0.25, -0.2) is 4.99 Å². The summed E-state index contributed by atoms with van der Waals surface area (Å²) in [5.41, 5.74) is -0.636. The Bertz CT molecular complexity index is 398. The molecule has 1 rings (SSSR count). The Morgan fingerprint density at radius 2 is 1.95 bits per heavy atom. The Balaban J connectivity index is 2.58. The van der Waals surface area contributed by atoms with E-state index in [-0.39, 0.29) is 0 Å². The summed E-state index contributed by atoms with van der Waals surface area (Å²) in [6, 6.07) is 4.12. The monoisotopic (exact) mass is 311 g/mol. The maximum Gasteiger partial charge on any atom is 0.191 e. The third kappa shape index (κ3) is 6.96. The molecule has 5 heteroatoms. The van der Waals surface area contributed by atoms with E-state index in [2.05, 4.69) is 40.9 Å². The molecule has 0 fully saturated rings. The highest BCUT2D eigenvalue weighted by atomic mass is 32.1. The first-order valence-corrected chi connectivity index (χ1v) is 8.78. The Morgan fingerprint density at radius 3 is 2.48 bits per heavy atom. The molecule has 0 radical (unpaired) electrons. The molecule has 0 saturated heterocycles. The van der Waals surface area contributed by atoms with Crippen molar-refractivity contribution in [1.82, 2.24) is 10.6 Å². The fourth-order valence-electron chi connectivity index (χ4n) is 2.38. The molecule has 1 aromatic rings. The highest BCUT2D eigenvalue weighted by Crippen LogP contribution is 2.18. The van der Waals surface area contributed by atoms with E-state index >= 15 is 0 Å². The zero-order valence-corrected chi connectivity index (χ0v) is 14.3. The Kier molecular flexibility index (Phi) is 8.38. The van der Waals surface area contributed by atoms with Crippen molar-refractivity contribution in [3.05, 3.63) is 22.4 Å². The van der Waals surface area contributed by atoms with Gasteiger partial charge in [-0.15, -0.1) is 11.3 Å². The number of hydrogen-bond acceptors (Lipinski definition) is 3. The van der Waals surface area contributed by atoms with Gasteiger partial charge in [0.1, 0.15) is 0 Å². The molecule has 0 aliphatic rings. The van der Waals surface area contributed by atoms with Crippen LogP contribution < -0.4 is 10.6 Å². The van der Waals surface area contributed by atoms with Gasteiger partial charge in [0.05, 0.1) is 12.1 Å². The van der Waals surface area contributed by atoms with Crippen LogP contribution in [0.2, 0.25) is 0 Å². The van der Waals surface area contributed by atoms with Gasteiger partial charge in [0.2, 0.25) is 0 Å². The molecular formula is C16H29N3OS. The highest BCUT2D eigenvalue weighted by molar-refractivity contribution is 7.09. The number of aliphatic hydroxyl groups is 1. The first-order chi connectivity index (χ1) is 10.1. The molecule has 0 aliphatic heterocycles. The number of thiophene rings is 1. The maximum absolute atomic E-state index is 10.6. The minimum Gasteiger partial charge on any atom is -0.388 e. The number of guanidine groups is 1. The van der Waals surface area contributed by atoms with E-state index in [0.717, 1.165) is 38.2 Å². The van der Waals surface area contributed by atoms with Gasteiger partial charge in [0, 0.05) is 18.0 Å². The van der Waals surface area contributed by atoms with Crippen LogP contribution in [0, 0.1) is 0 Å². The summed E-state index contributed by atoms with van der Waals surface area (Å²) in [6.45, 7) is 8.30. The molecule has 0 atom stereocenters. The largest absolute Gasteiger partial charge is 0.388 e. The van der Waals surface area contributed by atoms with Crippen molar-refractivity contribution in [2.24, 2.45) is 4.99 Å². The number of nitrogens with one attached hydrogen (secondary N) is 2. The summed E-state index contributed by atoms with van der Waals surface area (Å²) in [5, 5.41) is 19.2. The van der Waals surface area contributed by atoms with Gasteiger partial charge in [0.25, 0.3) is 0 Å². The lowest BCUT2D eigenvalue weighted by molar-refractivity contribution is 0.0257. The van der Waals surface area contributed by atoms with Crippen molar-refractivity contribution in [3.8, 4) is 0 Å². The lowest BCUT2D eigenvalue weighted by Gasteiger charge is -2.28. The van der Waals surface area contributed by atoms with Crippen molar-refractivity contribution in [1.29, 1.82) is 0 Å². The van der Waals surface area contributed by atoms with Crippen LogP contribution in [0.4, 0.5) is 0 Å². The van der Waals surface area contributed by atoms with Gasteiger partial charge in [-0.3, -0.25) is 0 Å². The molecule has 0 unspecified atom stereocenters. The van der Waals surface area contributed by atoms with E-state index in [9.17, 15) is 5.11 Å². The fraction of sp³-hybridized carbons (Fsp3) is 0.688. The van der Waals surface area contributed by atoms with E-state index in [0.29, 0.717) is 13.1 Å². The lowest BCUT2D eigenvalue weighted by atomic mass is 9.93. The molecule has 21 heavy (non-hydrogen) atoms. The van der Waals surface area contributed by atoms with Crippen LogP contribution in [0.1, 0.15) is 51.3 Å². The topological polar surface area (TPSA) is 56.6 Å². The van der Waals surface area contributed by atoms with Crippen LogP contribution in [0.5, 0.6) is 0 Å². The summed E-state index contributed by atoms with van der Waals surface area (Å²) >= 11 is 1.71. The zero-order valence-electron chi connectivity index (χ0n) is 13.5. The van der Waals surface area contributed by atoms with E-state index in [1.807, 2.05) is 13.0 Å². The van der Waals surface area contributed by atoms with Gasteiger partial charge in [0.15, 0.2) is 5.96 Å². The van der Waals surface area contributed by atoms with Crippen molar-refractivity contribution >= 4 is 17.3 Å². The summed E-state index contributed by atoms with van der Waals surface area (Å²) in [7, 11) is 0. The average Bonchev–Trinajstić information content (AvgIpc) is 2.96. The normalized spacial score (nSPS) is 12.5. The van der Waals surface area contributed by atoms with E-state index < -0.39 is 5.60 Å². The quantitative estimate of drug-likeness (QED) is 0.485. The molecular weight excluding hydrogens is 282 g/mol. The molecule has 0 aliphatic carbocycles. The molecule has 120 valence electrons. The van der Waals surface area contributed by atoms with Crippen molar-refractivity contribution in [2.75, 3.05) is 13.1 Å². The van der Waals surface area contributed by atoms with Gasteiger partial charge in [-0.05, 0) is 31.2 Å². The van der Waals surface area contributed by atoms with Gasteiger partial charge < -0.3 is 15.7 Å². The third-order valence-electron chi connectivity index (χ3n) is 3.33. The summed E-state index contributed by atoms with van der Waals surface area (Å²) < 4.78 is 0. The van der Waals surface area contributed by atoms with Gasteiger partial charge in [-0.1, -0.05) is 32.8 Å². The van der Waals surface area contributed by atoms with Crippen LogP contribution >= 0.6 is 11.3 Å². The molecule has 0 amide bonds. The molecule has 4 nitrogen and oxygen atoms in total. The average molecular weight is 311 g/mol.